The van der Waals surface area contributed by atoms with E-state index in [1.54, 1.807) is 0 Å². The highest BCUT2D eigenvalue weighted by molar-refractivity contribution is 5.94. The Kier molecular flexibility index (Phi) is 6.50. The average Bonchev–Trinajstić information content (AvgIpc) is 2.66. The maximum Gasteiger partial charge on any atom is 0.417 e. The Bertz CT molecular complexity index is 343. The van der Waals surface area contributed by atoms with Crippen molar-refractivity contribution in [3.8, 4) is 0 Å². The van der Waals surface area contributed by atoms with Crippen LogP contribution >= 0.6 is 0 Å². The molecule has 116 valence electrons. The van der Waals surface area contributed by atoms with E-state index in [9.17, 15) is 9.59 Å². The van der Waals surface area contributed by atoms with Crippen molar-refractivity contribution in [3.63, 3.8) is 0 Å². The highest BCUT2D eigenvalue weighted by atomic mass is 16.6. The van der Waals surface area contributed by atoms with E-state index >= 15 is 0 Å². The van der Waals surface area contributed by atoms with Crippen molar-refractivity contribution in [2.75, 3.05) is 0 Å². The number of carbonyl (C=O) groups is 2. The van der Waals surface area contributed by atoms with Crippen LogP contribution < -0.4 is 0 Å². The Balaban J connectivity index is 2.65. The standard InChI is InChI=1S/C16H29NO3/c1-6-8-9-11(3)10-14(7-2)15(18)17-12(4)13(5)20-16(17)19/h11-14H,6-10H2,1-5H3/t11-,12-,13+,14-/m1/s1. The summed E-state index contributed by atoms with van der Waals surface area (Å²) in [5.74, 6) is 0.398. The quantitative estimate of drug-likeness (QED) is 0.710. The molecule has 0 N–H and O–H groups in total. The van der Waals surface area contributed by atoms with Crippen LogP contribution in [-0.2, 0) is 9.53 Å². The van der Waals surface area contributed by atoms with E-state index < -0.39 is 6.09 Å². The van der Waals surface area contributed by atoms with Gasteiger partial charge in [-0.25, -0.2) is 9.69 Å². The molecule has 4 heteroatoms. The minimum Gasteiger partial charge on any atom is -0.444 e. The number of rotatable bonds is 7. The Morgan fingerprint density at radius 1 is 1.35 bits per heavy atom. The Labute approximate surface area is 122 Å². The van der Waals surface area contributed by atoms with Crippen LogP contribution in [-0.4, -0.2) is 29.0 Å². The average molecular weight is 283 g/mol. The highest BCUT2D eigenvalue weighted by Crippen LogP contribution is 2.27. The first-order valence-corrected chi connectivity index (χ1v) is 7.95. The smallest absolute Gasteiger partial charge is 0.417 e. The lowest BCUT2D eigenvalue weighted by atomic mass is 9.89. The van der Waals surface area contributed by atoms with Gasteiger partial charge < -0.3 is 4.74 Å². The summed E-state index contributed by atoms with van der Waals surface area (Å²) in [6.45, 7) is 10.1. The van der Waals surface area contributed by atoms with Crippen LogP contribution in [0.25, 0.3) is 0 Å². The first-order valence-electron chi connectivity index (χ1n) is 7.95. The zero-order valence-electron chi connectivity index (χ0n) is 13.5. The molecule has 1 aliphatic rings. The SMILES string of the molecule is CCCC[C@@H](C)C[C@@H](CC)C(=O)N1C(=O)O[C@@H](C)[C@H]1C. The van der Waals surface area contributed by atoms with Gasteiger partial charge in [0.1, 0.15) is 6.10 Å². The molecule has 0 aromatic heterocycles. The molecule has 0 aromatic rings. The van der Waals surface area contributed by atoms with E-state index in [0.29, 0.717) is 5.92 Å². The maximum atomic E-state index is 12.6. The summed E-state index contributed by atoms with van der Waals surface area (Å²) in [4.78, 5) is 25.7. The predicted octanol–water partition coefficient (Wildman–Crippen LogP) is 3.98. The van der Waals surface area contributed by atoms with Gasteiger partial charge in [-0.05, 0) is 32.6 Å². The Morgan fingerprint density at radius 3 is 2.45 bits per heavy atom. The molecular formula is C16H29NO3. The van der Waals surface area contributed by atoms with Crippen molar-refractivity contribution in [2.45, 2.75) is 78.9 Å². The molecule has 0 spiro atoms. The highest BCUT2D eigenvalue weighted by Gasteiger charge is 2.42. The lowest BCUT2D eigenvalue weighted by Crippen LogP contribution is -2.42. The van der Waals surface area contributed by atoms with Crippen LogP contribution in [0.3, 0.4) is 0 Å². The van der Waals surface area contributed by atoms with Gasteiger partial charge in [0, 0.05) is 5.92 Å². The van der Waals surface area contributed by atoms with Crippen LogP contribution in [0.5, 0.6) is 0 Å². The Hall–Kier alpha value is -1.06. The number of cyclic esters (lactones) is 1. The largest absolute Gasteiger partial charge is 0.444 e. The van der Waals surface area contributed by atoms with Crippen molar-refractivity contribution in [1.82, 2.24) is 4.90 Å². The van der Waals surface area contributed by atoms with Crippen molar-refractivity contribution in [2.24, 2.45) is 11.8 Å². The van der Waals surface area contributed by atoms with Crippen LogP contribution in [0.1, 0.15) is 66.7 Å². The first-order chi connectivity index (χ1) is 9.42. The molecule has 0 aromatic carbocycles. The number of hydrogen-bond donors (Lipinski definition) is 0. The Morgan fingerprint density at radius 2 is 2.00 bits per heavy atom. The molecule has 0 aliphatic carbocycles. The molecular weight excluding hydrogens is 254 g/mol. The molecule has 0 unspecified atom stereocenters. The summed E-state index contributed by atoms with van der Waals surface area (Å²) >= 11 is 0. The van der Waals surface area contributed by atoms with Gasteiger partial charge in [0.2, 0.25) is 5.91 Å². The molecule has 1 fully saturated rings. The molecule has 4 atom stereocenters. The summed E-state index contributed by atoms with van der Waals surface area (Å²) in [7, 11) is 0. The molecule has 1 heterocycles. The number of imide groups is 1. The van der Waals surface area contributed by atoms with E-state index in [2.05, 4.69) is 13.8 Å². The number of unbranched alkanes of at least 4 members (excludes halogenated alkanes) is 1. The topological polar surface area (TPSA) is 46.6 Å². The van der Waals surface area contributed by atoms with Crippen LogP contribution in [0.4, 0.5) is 4.79 Å². The minimum atomic E-state index is -0.477. The van der Waals surface area contributed by atoms with Crippen molar-refractivity contribution < 1.29 is 14.3 Å². The fourth-order valence-electron chi connectivity index (χ4n) is 2.78. The van der Waals surface area contributed by atoms with Crippen LogP contribution in [0.15, 0.2) is 0 Å². The zero-order valence-corrected chi connectivity index (χ0v) is 13.5. The number of hydrogen-bond acceptors (Lipinski definition) is 3. The van der Waals surface area contributed by atoms with Gasteiger partial charge in [0.05, 0.1) is 6.04 Å². The molecule has 1 aliphatic heterocycles. The second kappa shape index (κ2) is 7.65. The third-order valence-corrected chi connectivity index (χ3v) is 4.39. The lowest BCUT2D eigenvalue weighted by molar-refractivity contribution is -0.134. The predicted molar refractivity (Wildman–Crippen MR) is 79.3 cm³/mol. The summed E-state index contributed by atoms with van der Waals surface area (Å²) in [6, 6.07) is -0.157. The summed E-state index contributed by atoms with van der Waals surface area (Å²) in [5.41, 5.74) is 0. The summed E-state index contributed by atoms with van der Waals surface area (Å²) < 4.78 is 5.14. The molecule has 2 amide bonds. The van der Waals surface area contributed by atoms with E-state index in [4.69, 9.17) is 4.74 Å². The van der Waals surface area contributed by atoms with Gasteiger partial charge >= 0.3 is 6.09 Å². The zero-order chi connectivity index (χ0) is 15.3. The number of carbonyl (C=O) groups excluding carboxylic acids is 2. The van der Waals surface area contributed by atoms with Crippen LogP contribution in [0.2, 0.25) is 0 Å². The maximum absolute atomic E-state index is 12.6. The number of nitrogens with zero attached hydrogens (tertiary/aromatic N) is 1. The second-order valence-corrected chi connectivity index (χ2v) is 6.13. The van der Waals surface area contributed by atoms with Crippen LogP contribution in [0, 0.1) is 11.8 Å². The summed E-state index contributed by atoms with van der Waals surface area (Å²) in [6.07, 6.45) is 4.49. The molecule has 20 heavy (non-hydrogen) atoms. The molecule has 4 nitrogen and oxygen atoms in total. The first kappa shape index (κ1) is 17.0. The lowest BCUT2D eigenvalue weighted by Gasteiger charge is -2.25. The van der Waals surface area contributed by atoms with Gasteiger partial charge in [0.25, 0.3) is 0 Å². The van der Waals surface area contributed by atoms with Crippen molar-refractivity contribution >= 4 is 12.0 Å². The van der Waals surface area contributed by atoms with E-state index in [0.717, 1.165) is 19.3 Å². The van der Waals surface area contributed by atoms with E-state index in [1.807, 2.05) is 20.8 Å². The van der Waals surface area contributed by atoms with Gasteiger partial charge in [-0.1, -0.05) is 40.0 Å². The number of amides is 2. The molecule has 0 bridgehead atoms. The van der Waals surface area contributed by atoms with Crippen molar-refractivity contribution in [1.29, 1.82) is 0 Å². The molecule has 1 rings (SSSR count). The van der Waals surface area contributed by atoms with Gasteiger partial charge in [0.15, 0.2) is 0 Å². The minimum absolute atomic E-state index is 0.0577. The van der Waals surface area contributed by atoms with Gasteiger partial charge in [-0.2, -0.15) is 0 Å². The van der Waals surface area contributed by atoms with Crippen molar-refractivity contribution in [3.05, 3.63) is 0 Å². The molecule has 0 saturated carbocycles. The molecule has 0 radical (unpaired) electrons. The normalized spacial score (nSPS) is 25.4. The number of ether oxygens (including phenoxy) is 1. The van der Waals surface area contributed by atoms with E-state index in [-0.39, 0.29) is 24.0 Å². The van der Waals surface area contributed by atoms with Gasteiger partial charge in [-0.15, -0.1) is 0 Å². The third-order valence-electron chi connectivity index (χ3n) is 4.39. The fourth-order valence-corrected chi connectivity index (χ4v) is 2.78. The van der Waals surface area contributed by atoms with E-state index in [1.165, 1.54) is 17.7 Å². The third kappa shape index (κ3) is 3.97. The molecule has 1 saturated heterocycles. The summed E-state index contributed by atoms with van der Waals surface area (Å²) in [5, 5.41) is 0. The second-order valence-electron chi connectivity index (χ2n) is 6.13. The fraction of sp³-hybridized carbons (Fsp3) is 0.875. The van der Waals surface area contributed by atoms with Gasteiger partial charge in [-0.3, -0.25) is 4.79 Å². The monoisotopic (exact) mass is 283 g/mol.